The van der Waals surface area contributed by atoms with Gasteiger partial charge in [-0.2, -0.15) is 13.2 Å². The van der Waals surface area contributed by atoms with Crippen molar-refractivity contribution in [2.24, 2.45) is 0 Å². The Labute approximate surface area is 141 Å². The number of carbonyl (C=O) groups is 1. The van der Waals surface area contributed by atoms with E-state index in [-0.39, 0.29) is 12.0 Å². The van der Waals surface area contributed by atoms with E-state index in [2.05, 4.69) is 10.3 Å². The van der Waals surface area contributed by atoms with Crippen LogP contribution in [-0.2, 0) is 9.84 Å². The van der Waals surface area contributed by atoms with Crippen molar-refractivity contribution in [1.29, 1.82) is 0 Å². The first-order valence-corrected chi connectivity index (χ1v) is 8.82. The minimum absolute atomic E-state index is 0.0597. The van der Waals surface area contributed by atoms with Crippen LogP contribution in [0.1, 0.15) is 28.3 Å². The maximum Gasteiger partial charge on any atom is 0.503 e. The van der Waals surface area contributed by atoms with Gasteiger partial charge in [0.05, 0.1) is 5.56 Å². The maximum absolute atomic E-state index is 12.8. The number of alkyl halides is 3. The van der Waals surface area contributed by atoms with Gasteiger partial charge in [-0.25, -0.2) is 13.4 Å². The normalized spacial score (nSPS) is 20.1. The first-order chi connectivity index (χ1) is 11.7. The van der Waals surface area contributed by atoms with Crippen molar-refractivity contribution in [2.45, 2.75) is 28.9 Å². The zero-order chi connectivity index (χ0) is 18.2. The Hall–Kier alpha value is -2.42. The molecule has 9 heteroatoms. The first-order valence-electron chi connectivity index (χ1n) is 7.34. The Morgan fingerprint density at radius 1 is 1.12 bits per heavy atom. The number of halogens is 3. The molecule has 0 aliphatic heterocycles. The molecular weight excluding hydrogens is 357 g/mol. The monoisotopic (exact) mass is 370 g/mol. The van der Waals surface area contributed by atoms with Gasteiger partial charge in [-0.15, -0.1) is 0 Å². The van der Waals surface area contributed by atoms with Gasteiger partial charge in [0, 0.05) is 18.2 Å². The molecule has 0 radical (unpaired) electrons. The van der Waals surface area contributed by atoms with E-state index in [1.165, 1.54) is 6.07 Å². The quantitative estimate of drug-likeness (QED) is 0.898. The predicted molar refractivity (Wildman–Crippen MR) is 82.5 cm³/mol. The maximum atomic E-state index is 12.8. The topological polar surface area (TPSA) is 76.1 Å². The Balaban J connectivity index is 1.81. The summed E-state index contributed by atoms with van der Waals surface area (Å²) in [6.07, 6.45) is 1.54. The highest BCUT2D eigenvalue weighted by atomic mass is 32.2. The summed E-state index contributed by atoms with van der Waals surface area (Å²) in [7, 11) is -5.71. The molecule has 2 aromatic rings. The number of rotatable bonds is 4. The number of sulfone groups is 1. The summed E-state index contributed by atoms with van der Waals surface area (Å²) in [5, 5.41) is 1.29. The number of pyridine rings is 1. The summed E-state index contributed by atoms with van der Waals surface area (Å²) >= 11 is 0. The van der Waals surface area contributed by atoms with Gasteiger partial charge in [-0.1, -0.05) is 30.3 Å². The van der Waals surface area contributed by atoms with Gasteiger partial charge in [0.1, 0.15) is 0 Å². The molecule has 1 fully saturated rings. The van der Waals surface area contributed by atoms with Crippen molar-refractivity contribution >= 4 is 15.7 Å². The van der Waals surface area contributed by atoms with Crippen molar-refractivity contribution < 1.29 is 26.4 Å². The molecule has 1 saturated carbocycles. The Morgan fingerprint density at radius 3 is 2.44 bits per heavy atom. The van der Waals surface area contributed by atoms with Gasteiger partial charge in [-0.05, 0) is 24.1 Å². The molecular formula is C16H13F3N2O3S. The lowest BCUT2D eigenvalue weighted by atomic mass is 10.1. The molecule has 1 N–H and O–H groups in total. The number of amides is 1. The van der Waals surface area contributed by atoms with E-state index >= 15 is 0 Å². The largest absolute Gasteiger partial charge is 0.503 e. The van der Waals surface area contributed by atoms with Crippen LogP contribution in [0.3, 0.4) is 0 Å². The van der Waals surface area contributed by atoms with Crippen LogP contribution >= 0.6 is 0 Å². The lowest BCUT2D eigenvalue weighted by Gasteiger charge is -2.11. The highest BCUT2D eigenvalue weighted by molar-refractivity contribution is 7.92. The second-order valence-electron chi connectivity index (χ2n) is 5.64. The lowest BCUT2D eigenvalue weighted by molar-refractivity contribution is -0.0438. The first kappa shape index (κ1) is 17.4. The molecule has 1 aliphatic carbocycles. The Bertz CT molecular complexity index is 898. The number of hydrogen-bond donors (Lipinski definition) is 1. The van der Waals surface area contributed by atoms with Crippen LogP contribution in [0.25, 0.3) is 0 Å². The van der Waals surface area contributed by atoms with Crippen molar-refractivity contribution in [3.8, 4) is 0 Å². The van der Waals surface area contributed by atoms with Crippen molar-refractivity contribution in [2.75, 3.05) is 0 Å². The average molecular weight is 370 g/mol. The minimum Gasteiger partial charge on any atom is -0.349 e. The number of nitrogens with one attached hydrogen (secondary N) is 1. The fourth-order valence-electron chi connectivity index (χ4n) is 2.56. The van der Waals surface area contributed by atoms with E-state index in [0.717, 1.165) is 17.8 Å². The van der Waals surface area contributed by atoms with Crippen LogP contribution in [0.15, 0.2) is 53.7 Å². The number of hydrogen-bond acceptors (Lipinski definition) is 4. The highest BCUT2D eigenvalue weighted by Crippen LogP contribution is 2.41. The van der Waals surface area contributed by atoms with Gasteiger partial charge in [-0.3, -0.25) is 4.79 Å². The van der Waals surface area contributed by atoms with E-state index in [0.29, 0.717) is 6.42 Å². The zero-order valence-electron chi connectivity index (χ0n) is 12.7. The SMILES string of the molecule is O=C(N[C@@H]1C[C@H]1c1ccccc1)c1cccnc1S(=O)(=O)C(F)(F)F. The summed E-state index contributed by atoms with van der Waals surface area (Å²) < 4.78 is 61.5. The van der Waals surface area contributed by atoms with E-state index in [1.54, 1.807) is 0 Å². The average Bonchev–Trinajstić information content (AvgIpc) is 3.33. The highest BCUT2D eigenvalue weighted by Gasteiger charge is 2.50. The molecule has 1 heterocycles. The lowest BCUT2D eigenvalue weighted by Crippen LogP contribution is -2.31. The predicted octanol–water partition coefficient (Wildman–Crippen LogP) is 2.66. The third kappa shape index (κ3) is 3.37. The van der Waals surface area contributed by atoms with Gasteiger partial charge >= 0.3 is 5.51 Å². The smallest absolute Gasteiger partial charge is 0.349 e. The van der Waals surface area contributed by atoms with E-state index in [4.69, 9.17) is 0 Å². The van der Waals surface area contributed by atoms with E-state index < -0.39 is 31.8 Å². The molecule has 0 unspecified atom stereocenters. The standard InChI is InChI=1S/C16H13F3N2O3S/c17-16(18,19)25(23,24)15-11(7-4-8-20-15)14(22)21-13-9-12(13)10-5-2-1-3-6-10/h1-8,12-13H,9H2,(H,21,22)/t12-,13+/m0/s1. The summed E-state index contributed by atoms with van der Waals surface area (Å²) in [5.41, 5.74) is -5.14. The Kier molecular flexibility index (Phi) is 4.28. The molecule has 1 amide bonds. The third-order valence-electron chi connectivity index (χ3n) is 3.91. The fourth-order valence-corrected chi connectivity index (χ4v) is 3.43. The van der Waals surface area contributed by atoms with Gasteiger partial charge in [0.25, 0.3) is 15.7 Å². The number of nitrogens with zero attached hydrogens (tertiary/aromatic N) is 1. The summed E-state index contributed by atoms with van der Waals surface area (Å²) in [6, 6.07) is 11.3. The van der Waals surface area contributed by atoms with E-state index in [1.807, 2.05) is 30.3 Å². The molecule has 1 aromatic carbocycles. The van der Waals surface area contributed by atoms with Crippen molar-refractivity contribution in [3.63, 3.8) is 0 Å². The van der Waals surface area contributed by atoms with Crippen LogP contribution in [0.5, 0.6) is 0 Å². The number of benzene rings is 1. The van der Waals surface area contributed by atoms with Crippen LogP contribution in [-0.4, -0.2) is 30.9 Å². The molecule has 5 nitrogen and oxygen atoms in total. The van der Waals surface area contributed by atoms with E-state index in [9.17, 15) is 26.4 Å². The van der Waals surface area contributed by atoms with Gasteiger partial charge < -0.3 is 5.32 Å². The second-order valence-corrected chi connectivity index (χ2v) is 7.49. The van der Waals surface area contributed by atoms with Crippen LogP contribution in [0, 0.1) is 0 Å². The van der Waals surface area contributed by atoms with Crippen molar-refractivity contribution in [1.82, 2.24) is 10.3 Å². The van der Waals surface area contributed by atoms with Gasteiger partial charge in [0.2, 0.25) is 0 Å². The number of carbonyl (C=O) groups excluding carboxylic acids is 1. The molecule has 2 atom stereocenters. The zero-order valence-corrected chi connectivity index (χ0v) is 13.5. The Morgan fingerprint density at radius 2 is 1.80 bits per heavy atom. The van der Waals surface area contributed by atoms with Crippen LogP contribution < -0.4 is 5.32 Å². The van der Waals surface area contributed by atoms with Crippen LogP contribution in [0.2, 0.25) is 0 Å². The number of aromatic nitrogens is 1. The molecule has 3 rings (SSSR count). The van der Waals surface area contributed by atoms with Gasteiger partial charge in [0.15, 0.2) is 5.03 Å². The third-order valence-corrected chi connectivity index (χ3v) is 5.35. The summed E-state index contributed by atoms with van der Waals surface area (Å²) in [4.78, 5) is 15.6. The van der Waals surface area contributed by atoms with Crippen molar-refractivity contribution in [3.05, 3.63) is 59.8 Å². The molecule has 25 heavy (non-hydrogen) atoms. The molecule has 1 aliphatic rings. The molecule has 0 bridgehead atoms. The fraction of sp³-hybridized carbons (Fsp3) is 0.250. The van der Waals surface area contributed by atoms with Crippen LogP contribution in [0.4, 0.5) is 13.2 Å². The second kappa shape index (κ2) is 6.14. The molecule has 132 valence electrons. The summed E-state index contributed by atoms with van der Waals surface area (Å²) in [5.74, 6) is -0.830. The molecule has 0 saturated heterocycles. The summed E-state index contributed by atoms with van der Waals surface area (Å²) in [6.45, 7) is 0. The minimum atomic E-state index is -5.71. The molecule has 0 spiro atoms. The molecule has 1 aromatic heterocycles.